The van der Waals surface area contributed by atoms with Gasteiger partial charge >= 0.3 is 0 Å². The Labute approximate surface area is 117 Å². The fourth-order valence-corrected chi connectivity index (χ4v) is 1.87. The molecule has 1 rings (SSSR count). The van der Waals surface area contributed by atoms with Crippen LogP contribution in [0.25, 0.3) is 0 Å². The van der Waals surface area contributed by atoms with Gasteiger partial charge in [0.05, 0.1) is 6.61 Å². The maximum atomic E-state index is 5.69. The number of unbranched alkanes of at least 4 members (excludes halogenated alkanes) is 3. The lowest BCUT2D eigenvalue weighted by Gasteiger charge is -2.08. The summed E-state index contributed by atoms with van der Waals surface area (Å²) in [6, 6.07) is 8.38. The fraction of sp³-hybridized carbons (Fsp3) is 0.625. The molecule has 108 valence electrons. The Morgan fingerprint density at radius 1 is 1.05 bits per heavy atom. The highest BCUT2D eigenvalue weighted by molar-refractivity contribution is 5.27. The molecule has 0 aliphatic rings. The van der Waals surface area contributed by atoms with Crippen molar-refractivity contribution in [2.45, 2.75) is 45.6 Å². The monoisotopic (exact) mass is 264 g/mol. The van der Waals surface area contributed by atoms with E-state index < -0.39 is 0 Å². The molecule has 0 unspecified atom stereocenters. The summed E-state index contributed by atoms with van der Waals surface area (Å²) in [5, 5.41) is 3.42. The molecule has 3 N–H and O–H groups in total. The van der Waals surface area contributed by atoms with Gasteiger partial charge in [0.15, 0.2) is 0 Å². The molecule has 0 aliphatic carbocycles. The number of nitrogens with one attached hydrogen (secondary N) is 1. The Morgan fingerprint density at radius 3 is 2.53 bits per heavy atom. The molecule has 1 aromatic carbocycles. The molecule has 3 heteroatoms. The van der Waals surface area contributed by atoms with Crippen molar-refractivity contribution < 1.29 is 4.74 Å². The number of hydrogen-bond acceptors (Lipinski definition) is 3. The molecule has 0 radical (unpaired) electrons. The van der Waals surface area contributed by atoms with Gasteiger partial charge in [-0.15, -0.1) is 0 Å². The molecular weight excluding hydrogens is 236 g/mol. The van der Waals surface area contributed by atoms with E-state index in [-0.39, 0.29) is 0 Å². The molecular formula is C16H28N2O. The first kappa shape index (κ1) is 16.0. The Kier molecular flexibility index (Phi) is 9.11. The van der Waals surface area contributed by atoms with E-state index >= 15 is 0 Å². The summed E-state index contributed by atoms with van der Waals surface area (Å²) in [5.74, 6) is 0.975. The zero-order chi connectivity index (χ0) is 13.8. The molecule has 0 atom stereocenters. The van der Waals surface area contributed by atoms with Crippen molar-refractivity contribution in [2.24, 2.45) is 5.73 Å². The van der Waals surface area contributed by atoms with Crippen LogP contribution in [-0.2, 0) is 6.54 Å². The molecule has 19 heavy (non-hydrogen) atoms. The van der Waals surface area contributed by atoms with Gasteiger partial charge in [-0.2, -0.15) is 0 Å². The number of benzene rings is 1. The Morgan fingerprint density at radius 2 is 1.84 bits per heavy atom. The Hall–Kier alpha value is -1.06. The van der Waals surface area contributed by atoms with Crippen molar-refractivity contribution in [1.29, 1.82) is 0 Å². The minimum atomic E-state index is 0.783. The zero-order valence-electron chi connectivity index (χ0n) is 12.2. The molecule has 0 aliphatic heterocycles. The molecule has 0 saturated heterocycles. The number of hydrogen-bond donors (Lipinski definition) is 2. The zero-order valence-corrected chi connectivity index (χ0v) is 12.2. The standard InChI is InChI=1S/C16H28N2O/c1-2-3-6-13-19-16-9-7-15(8-10-16)14-18-12-5-4-11-17/h7-10,18H,2-6,11-14,17H2,1H3. The van der Waals surface area contributed by atoms with Gasteiger partial charge in [-0.25, -0.2) is 0 Å². The molecule has 0 fully saturated rings. The fourth-order valence-electron chi connectivity index (χ4n) is 1.87. The highest BCUT2D eigenvalue weighted by Gasteiger charge is 1.96. The highest BCUT2D eigenvalue weighted by atomic mass is 16.5. The van der Waals surface area contributed by atoms with Crippen LogP contribution in [0.2, 0.25) is 0 Å². The third-order valence-electron chi connectivity index (χ3n) is 3.08. The molecule has 0 heterocycles. The van der Waals surface area contributed by atoms with E-state index in [0.717, 1.165) is 51.3 Å². The molecule has 0 aromatic heterocycles. The van der Waals surface area contributed by atoms with Crippen LogP contribution in [0.4, 0.5) is 0 Å². The van der Waals surface area contributed by atoms with Gasteiger partial charge in [0.1, 0.15) is 5.75 Å². The SMILES string of the molecule is CCCCCOc1ccc(CNCCCCN)cc1. The van der Waals surface area contributed by atoms with E-state index in [9.17, 15) is 0 Å². The van der Waals surface area contributed by atoms with Gasteiger partial charge < -0.3 is 15.8 Å². The lowest BCUT2D eigenvalue weighted by Crippen LogP contribution is -2.15. The van der Waals surface area contributed by atoms with Crippen molar-refractivity contribution in [3.05, 3.63) is 29.8 Å². The first-order chi connectivity index (χ1) is 9.36. The minimum Gasteiger partial charge on any atom is -0.494 e. The summed E-state index contributed by atoms with van der Waals surface area (Å²) in [6.45, 7) is 5.76. The number of ether oxygens (including phenoxy) is 1. The summed E-state index contributed by atoms with van der Waals surface area (Å²) in [5.41, 5.74) is 6.76. The van der Waals surface area contributed by atoms with E-state index in [4.69, 9.17) is 10.5 Å². The van der Waals surface area contributed by atoms with Crippen molar-refractivity contribution in [1.82, 2.24) is 5.32 Å². The summed E-state index contributed by atoms with van der Waals surface area (Å²) in [7, 11) is 0. The molecule has 0 bridgehead atoms. The van der Waals surface area contributed by atoms with Crippen molar-refractivity contribution in [3.63, 3.8) is 0 Å². The van der Waals surface area contributed by atoms with Crippen molar-refractivity contribution in [3.8, 4) is 5.75 Å². The second-order valence-corrected chi connectivity index (χ2v) is 4.87. The van der Waals surface area contributed by atoms with E-state index in [1.165, 1.54) is 18.4 Å². The lowest BCUT2D eigenvalue weighted by molar-refractivity contribution is 0.306. The average Bonchev–Trinajstić information content (AvgIpc) is 2.45. The third kappa shape index (κ3) is 7.85. The predicted molar refractivity (Wildman–Crippen MR) is 81.5 cm³/mol. The second-order valence-electron chi connectivity index (χ2n) is 4.87. The topological polar surface area (TPSA) is 47.3 Å². The van der Waals surface area contributed by atoms with Gasteiger partial charge in [0, 0.05) is 6.54 Å². The second kappa shape index (κ2) is 10.8. The maximum absolute atomic E-state index is 5.69. The van der Waals surface area contributed by atoms with E-state index in [0.29, 0.717) is 0 Å². The van der Waals surface area contributed by atoms with Crippen LogP contribution in [0.1, 0.15) is 44.6 Å². The molecule has 0 amide bonds. The van der Waals surface area contributed by atoms with Crippen LogP contribution in [0.5, 0.6) is 5.75 Å². The van der Waals surface area contributed by atoms with E-state index in [2.05, 4.69) is 36.5 Å². The maximum Gasteiger partial charge on any atom is 0.119 e. The Balaban J connectivity index is 2.16. The van der Waals surface area contributed by atoms with Gasteiger partial charge in [0.25, 0.3) is 0 Å². The van der Waals surface area contributed by atoms with Crippen LogP contribution >= 0.6 is 0 Å². The smallest absolute Gasteiger partial charge is 0.119 e. The van der Waals surface area contributed by atoms with Crippen LogP contribution < -0.4 is 15.8 Å². The molecule has 0 spiro atoms. The van der Waals surface area contributed by atoms with Gasteiger partial charge in [-0.1, -0.05) is 31.9 Å². The van der Waals surface area contributed by atoms with E-state index in [1.54, 1.807) is 0 Å². The first-order valence-corrected chi connectivity index (χ1v) is 7.49. The lowest BCUT2D eigenvalue weighted by atomic mass is 10.2. The predicted octanol–water partition coefficient (Wildman–Crippen LogP) is 3.08. The van der Waals surface area contributed by atoms with Crippen LogP contribution in [0.15, 0.2) is 24.3 Å². The summed E-state index contributed by atoms with van der Waals surface area (Å²) < 4.78 is 5.69. The van der Waals surface area contributed by atoms with Gasteiger partial charge in [0.2, 0.25) is 0 Å². The molecule has 3 nitrogen and oxygen atoms in total. The van der Waals surface area contributed by atoms with Gasteiger partial charge in [-0.3, -0.25) is 0 Å². The van der Waals surface area contributed by atoms with Crippen molar-refractivity contribution in [2.75, 3.05) is 19.7 Å². The van der Waals surface area contributed by atoms with Crippen LogP contribution in [-0.4, -0.2) is 19.7 Å². The van der Waals surface area contributed by atoms with Crippen LogP contribution in [0, 0.1) is 0 Å². The molecule has 1 aromatic rings. The third-order valence-corrected chi connectivity index (χ3v) is 3.08. The normalized spacial score (nSPS) is 10.6. The number of rotatable bonds is 11. The highest BCUT2D eigenvalue weighted by Crippen LogP contribution is 2.12. The van der Waals surface area contributed by atoms with E-state index in [1.807, 2.05) is 0 Å². The van der Waals surface area contributed by atoms with Crippen molar-refractivity contribution >= 4 is 0 Å². The summed E-state index contributed by atoms with van der Waals surface area (Å²) in [4.78, 5) is 0. The number of nitrogens with two attached hydrogens (primary N) is 1. The average molecular weight is 264 g/mol. The minimum absolute atomic E-state index is 0.783. The van der Waals surface area contributed by atoms with Gasteiger partial charge in [-0.05, 0) is 50.0 Å². The molecule has 0 saturated carbocycles. The largest absolute Gasteiger partial charge is 0.494 e. The quantitative estimate of drug-likeness (QED) is 0.604. The summed E-state index contributed by atoms with van der Waals surface area (Å²) >= 11 is 0. The summed E-state index contributed by atoms with van der Waals surface area (Å²) in [6.07, 6.45) is 5.86. The van der Waals surface area contributed by atoms with Crippen LogP contribution in [0.3, 0.4) is 0 Å². The Bertz CT molecular complexity index is 311. The first-order valence-electron chi connectivity index (χ1n) is 7.49.